The van der Waals surface area contributed by atoms with Crippen LogP contribution in [0, 0.1) is 0 Å². The molecule has 1 rings (SSSR count). The van der Waals surface area contributed by atoms with E-state index in [2.05, 4.69) is 4.74 Å². The second-order valence-corrected chi connectivity index (χ2v) is 5.60. The van der Waals surface area contributed by atoms with Crippen molar-refractivity contribution in [2.75, 3.05) is 14.2 Å². The Morgan fingerprint density at radius 3 is 2.35 bits per heavy atom. The van der Waals surface area contributed by atoms with E-state index in [0.717, 1.165) is 7.11 Å². The van der Waals surface area contributed by atoms with Crippen LogP contribution in [0.5, 0.6) is 5.75 Å². The summed E-state index contributed by atoms with van der Waals surface area (Å²) in [6.45, 7) is 1.29. The van der Waals surface area contributed by atoms with Crippen molar-refractivity contribution < 1.29 is 22.7 Å². The quantitative estimate of drug-likeness (QED) is 0.754. The fourth-order valence-corrected chi connectivity index (χ4v) is 2.77. The summed E-state index contributed by atoms with van der Waals surface area (Å²) in [6.07, 6.45) is 0. The van der Waals surface area contributed by atoms with Crippen LogP contribution < -0.4 is 4.74 Å². The summed E-state index contributed by atoms with van der Waals surface area (Å²) in [4.78, 5) is 11.3. The average molecular weight is 258 g/mol. The molecule has 0 aromatic heterocycles. The van der Waals surface area contributed by atoms with Crippen molar-refractivity contribution in [3.8, 4) is 5.75 Å². The van der Waals surface area contributed by atoms with Crippen LogP contribution in [0.15, 0.2) is 29.2 Å². The number of hydrogen-bond donors (Lipinski definition) is 0. The molecule has 0 heterocycles. The number of esters is 1. The van der Waals surface area contributed by atoms with Crippen LogP contribution in [0.2, 0.25) is 0 Å². The van der Waals surface area contributed by atoms with E-state index in [-0.39, 0.29) is 10.6 Å². The van der Waals surface area contributed by atoms with Crippen LogP contribution in [-0.4, -0.2) is 33.9 Å². The molecule has 1 unspecified atom stereocenters. The molecule has 0 saturated heterocycles. The first-order valence-electron chi connectivity index (χ1n) is 4.90. The summed E-state index contributed by atoms with van der Waals surface area (Å²) in [5, 5.41) is -1.26. The zero-order valence-electron chi connectivity index (χ0n) is 9.84. The van der Waals surface area contributed by atoms with Crippen LogP contribution in [0.1, 0.15) is 6.92 Å². The average Bonchev–Trinajstić information content (AvgIpc) is 2.36. The van der Waals surface area contributed by atoms with Gasteiger partial charge in [-0.1, -0.05) is 12.1 Å². The molecule has 17 heavy (non-hydrogen) atoms. The fourth-order valence-electron chi connectivity index (χ4n) is 1.34. The van der Waals surface area contributed by atoms with Gasteiger partial charge in [-0.3, -0.25) is 4.79 Å². The van der Waals surface area contributed by atoms with Crippen molar-refractivity contribution in [3.63, 3.8) is 0 Å². The van der Waals surface area contributed by atoms with Gasteiger partial charge in [0.25, 0.3) is 0 Å². The highest BCUT2D eigenvalue weighted by atomic mass is 32.2. The monoisotopic (exact) mass is 258 g/mol. The van der Waals surface area contributed by atoms with E-state index >= 15 is 0 Å². The Morgan fingerprint density at radius 2 is 1.82 bits per heavy atom. The molecule has 6 heteroatoms. The van der Waals surface area contributed by atoms with Gasteiger partial charge in [0, 0.05) is 0 Å². The Bertz CT molecular complexity index is 506. The number of sulfone groups is 1. The maximum atomic E-state index is 12.1. The summed E-state index contributed by atoms with van der Waals surface area (Å²) < 4.78 is 33.7. The lowest BCUT2D eigenvalue weighted by Gasteiger charge is -2.13. The lowest BCUT2D eigenvalue weighted by atomic mass is 10.3. The fraction of sp³-hybridized carbons (Fsp3) is 0.364. The van der Waals surface area contributed by atoms with Crippen molar-refractivity contribution in [2.45, 2.75) is 17.1 Å². The van der Waals surface area contributed by atoms with Gasteiger partial charge in [-0.15, -0.1) is 0 Å². The molecule has 0 aliphatic carbocycles. The zero-order chi connectivity index (χ0) is 13.1. The molecule has 0 bridgehead atoms. The lowest BCUT2D eigenvalue weighted by Crippen LogP contribution is -2.28. The summed E-state index contributed by atoms with van der Waals surface area (Å²) >= 11 is 0. The van der Waals surface area contributed by atoms with Gasteiger partial charge in [0.1, 0.15) is 10.6 Å². The van der Waals surface area contributed by atoms with Gasteiger partial charge in [0.15, 0.2) is 15.1 Å². The number of ether oxygens (including phenoxy) is 2. The van der Waals surface area contributed by atoms with Gasteiger partial charge in [-0.2, -0.15) is 0 Å². The molecule has 1 aromatic carbocycles. The van der Waals surface area contributed by atoms with Crippen LogP contribution >= 0.6 is 0 Å². The van der Waals surface area contributed by atoms with Crippen LogP contribution in [0.25, 0.3) is 0 Å². The molecule has 0 radical (unpaired) electrons. The molecule has 5 nitrogen and oxygen atoms in total. The molecule has 0 spiro atoms. The molecule has 1 atom stereocenters. The van der Waals surface area contributed by atoms with E-state index in [4.69, 9.17) is 4.74 Å². The largest absolute Gasteiger partial charge is 0.495 e. The third-order valence-electron chi connectivity index (χ3n) is 2.37. The van der Waals surface area contributed by atoms with Gasteiger partial charge in [-0.05, 0) is 19.1 Å². The van der Waals surface area contributed by atoms with Crippen molar-refractivity contribution in [1.82, 2.24) is 0 Å². The van der Waals surface area contributed by atoms with Gasteiger partial charge >= 0.3 is 5.97 Å². The zero-order valence-corrected chi connectivity index (χ0v) is 10.7. The van der Waals surface area contributed by atoms with E-state index < -0.39 is 21.1 Å². The molecule has 0 N–H and O–H groups in total. The Hall–Kier alpha value is -1.56. The highest BCUT2D eigenvalue weighted by Gasteiger charge is 2.32. The van der Waals surface area contributed by atoms with Gasteiger partial charge < -0.3 is 9.47 Å². The molecule has 0 amide bonds. The Morgan fingerprint density at radius 1 is 1.24 bits per heavy atom. The highest BCUT2D eigenvalue weighted by Crippen LogP contribution is 2.26. The molecule has 94 valence electrons. The number of para-hydroxylation sites is 1. The Balaban J connectivity index is 3.26. The van der Waals surface area contributed by atoms with E-state index in [1.165, 1.54) is 26.2 Å². The third kappa shape index (κ3) is 2.58. The maximum absolute atomic E-state index is 12.1. The molecule has 0 aliphatic rings. The number of hydrogen-bond acceptors (Lipinski definition) is 5. The van der Waals surface area contributed by atoms with Crippen LogP contribution in [0.3, 0.4) is 0 Å². The van der Waals surface area contributed by atoms with Crippen molar-refractivity contribution >= 4 is 15.8 Å². The summed E-state index contributed by atoms with van der Waals surface area (Å²) in [5.74, 6) is -0.584. The predicted molar refractivity (Wildman–Crippen MR) is 61.7 cm³/mol. The second-order valence-electron chi connectivity index (χ2n) is 3.36. The van der Waals surface area contributed by atoms with E-state index in [0.29, 0.717) is 0 Å². The SMILES string of the molecule is COC(=O)C(C)S(=O)(=O)c1ccccc1OC. The van der Waals surface area contributed by atoms with Crippen LogP contribution in [-0.2, 0) is 19.4 Å². The third-order valence-corrected chi connectivity index (χ3v) is 4.45. The molecule has 0 saturated carbocycles. The standard InChI is InChI=1S/C11H14O5S/c1-8(11(12)16-3)17(13,14)10-7-5-4-6-9(10)15-2/h4-8H,1-3H3. The normalized spacial score (nSPS) is 12.9. The number of rotatable bonds is 4. The molecular weight excluding hydrogens is 244 g/mol. The lowest BCUT2D eigenvalue weighted by molar-refractivity contribution is -0.139. The smallest absolute Gasteiger partial charge is 0.324 e. The highest BCUT2D eigenvalue weighted by molar-refractivity contribution is 7.92. The number of carbonyl (C=O) groups is 1. The maximum Gasteiger partial charge on any atom is 0.324 e. The summed E-state index contributed by atoms with van der Waals surface area (Å²) in [7, 11) is -1.27. The van der Waals surface area contributed by atoms with Crippen molar-refractivity contribution in [2.24, 2.45) is 0 Å². The minimum atomic E-state index is -3.79. The molecule has 0 aliphatic heterocycles. The number of methoxy groups -OCH3 is 2. The molecular formula is C11H14O5S. The van der Waals surface area contributed by atoms with Gasteiger partial charge in [0.2, 0.25) is 0 Å². The van der Waals surface area contributed by atoms with Crippen molar-refractivity contribution in [3.05, 3.63) is 24.3 Å². The topological polar surface area (TPSA) is 69.7 Å². The first-order valence-corrected chi connectivity index (χ1v) is 6.44. The predicted octanol–water partition coefficient (Wildman–Crippen LogP) is 1.03. The molecule has 0 fully saturated rings. The Labute approximate surface area is 100 Å². The van der Waals surface area contributed by atoms with E-state index in [9.17, 15) is 13.2 Å². The number of benzene rings is 1. The second kappa shape index (κ2) is 5.18. The van der Waals surface area contributed by atoms with E-state index in [1.54, 1.807) is 12.1 Å². The first-order chi connectivity index (χ1) is 7.95. The minimum absolute atomic E-state index is 0.0135. The summed E-state index contributed by atoms with van der Waals surface area (Å²) in [5.41, 5.74) is 0. The first kappa shape index (κ1) is 13.5. The van der Waals surface area contributed by atoms with Gasteiger partial charge in [0.05, 0.1) is 14.2 Å². The van der Waals surface area contributed by atoms with Crippen molar-refractivity contribution in [1.29, 1.82) is 0 Å². The van der Waals surface area contributed by atoms with Gasteiger partial charge in [-0.25, -0.2) is 8.42 Å². The van der Waals surface area contributed by atoms with Crippen LogP contribution in [0.4, 0.5) is 0 Å². The molecule has 1 aromatic rings. The minimum Gasteiger partial charge on any atom is -0.495 e. The van der Waals surface area contributed by atoms with E-state index in [1.807, 2.05) is 0 Å². The Kier molecular flexibility index (Phi) is 4.11. The summed E-state index contributed by atoms with van der Waals surface area (Å²) in [6, 6.07) is 6.14. The number of carbonyl (C=O) groups excluding carboxylic acids is 1.